The Morgan fingerprint density at radius 3 is 2.89 bits per heavy atom. The molecule has 1 aliphatic heterocycles. The molecule has 0 aromatic carbocycles. The molecule has 2 unspecified atom stereocenters. The third-order valence-electron chi connectivity index (χ3n) is 3.17. The van der Waals surface area contributed by atoms with Crippen LogP contribution in [0.3, 0.4) is 0 Å². The Kier molecular flexibility index (Phi) is 6.04. The maximum Gasteiger partial charge on any atom is 0.303 e. The van der Waals surface area contributed by atoms with Gasteiger partial charge in [0.25, 0.3) is 0 Å². The van der Waals surface area contributed by atoms with Crippen molar-refractivity contribution in [1.82, 2.24) is 4.98 Å². The standard InChI is InChI=1S/C14H19NO2S2/c16-13(17)4-2-1-3-12-7-10-18-14(19-12)11-5-8-15-9-6-11/h5-6,8-9,12,14H,1-4,7,10H2,(H,16,17). The van der Waals surface area contributed by atoms with Gasteiger partial charge in [0.2, 0.25) is 0 Å². The molecule has 0 radical (unpaired) electrons. The van der Waals surface area contributed by atoms with Gasteiger partial charge in [0.05, 0.1) is 4.58 Å². The second-order valence-corrected chi connectivity index (χ2v) is 7.59. The number of aromatic nitrogens is 1. The maximum absolute atomic E-state index is 10.5. The third kappa shape index (κ3) is 5.07. The van der Waals surface area contributed by atoms with Gasteiger partial charge >= 0.3 is 5.97 Å². The van der Waals surface area contributed by atoms with Gasteiger partial charge in [-0.25, -0.2) is 0 Å². The zero-order valence-corrected chi connectivity index (χ0v) is 12.5. The van der Waals surface area contributed by atoms with Crippen LogP contribution >= 0.6 is 23.5 Å². The van der Waals surface area contributed by atoms with Crippen molar-refractivity contribution in [2.75, 3.05) is 5.75 Å². The summed E-state index contributed by atoms with van der Waals surface area (Å²) in [5.41, 5.74) is 1.35. The highest BCUT2D eigenvalue weighted by Gasteiger charge is 2.23. The van der Waals surface area contributed by atoms with Crippen LogP contribution in [0.4, 0.5) is 0 Å². The van der Waals surface area contributed by atoms with Crippen LogP contribution in [0.5, 0.6) is 0 Å². The summed E-state index contributed by atoms with van der Waals surface area (Å²) in [6, 6.07) is 4.19. The summed E-state index contributed by atoms with van der Waals surface area (Å²) in [6.45, 7) is 0. The fraction of sp³-hybridized carbons (Fsp3) is 0.571. The summed E-state index contributed by atoms with van der Waals surface area (Å²) in [4.78, 5) is 14.5. The largest absolute Gasteiger partial charge is 0.481 e. The molecule has 3 nitrogen and oxygen atoms in total. The molecule has 2 rings (SSSR count). The number of hydrogen-bond donors (Lipinski definition) is 1. The fourth-order valence-electron chi connectivity index (χ4n) is 2.14. The smallest absolute Gasteiger partial charge is 0.303 e. The van der Waals surface area contributed by atoms with Gasteiger partial charge in [-0.2, -0.15) is 0 Å². The van der Waals surface area contributed by atoms with Crippen molar-refractivity contribution in [3.8, 4) is 0 Å². The molecule has 0 aliphatic carbocycles. The summed E-state index contributed by atoms with van der Waals surface area (Å²) >= 11 is 4.04. The number of aliphatic carboxylic acids is 1. The zero-order valence-electron chi connectivity index (χ0n) is 10.8. The van der Waals surface area contributed by atoms with Crippen molar-refractivity contribution in [2.24, 2.45) is 0 Å². The Morgan fingerprint density at radius 2 is 2.16 bits per heavy atom. The van der Waals surface area contributed by atoms with Gasteiger partial charge in [-0.15, -0.1) is 23.5 Å². The molecule has 104 valence electrons. The molecule has 2 heterocycles. The molecule has 1 fully saturated rings. The highest BCUT2D eigenvalue weighted by molar-refractivity contribution is 8.17. The minimum atomic E-state index is -0.679. The average Bonchev–Trinajstić information content (AvgIpc) is 2.45. The van der Waals surface area contributed by atoms with Crippen LogP contribution < -0.4 is 0 Å². The molecule has 1 N–H and O–H groups in total. The average molecular weight is 297 g/mol. The number of carbonyl (C=O) groups is 1. The summed E-state index contributed by atoms with van der Waals surface area (Å²) < 4.78 is 0.515. The summed E-state index contributed by atoms with van der Waals surface area (Å²) in [7, 11) is 0. The van der Waals surface area contributed by atoms with E-state index in [0.29, 0.717) is 16.3 Å². The highest BCUT2D eigenvalue weighted by atomic mass is 32.2. The lowest BCUT2D eigenvalue weighted by atomic mass is 10.1. The first-order valence-electron chi connectivity index (χ1n) is 6.64. The topological polar surface area (TPSA) is 50.2 Å². The lowest BCUT2D eigenvalue weighted by Gasteiger charge is -2.28. The van der Waals surface area contributed by atoms with Crippen LogP contribution in [-0.4, -0.2) is 27.1 Å². The van der Waals surface area contributed by atoms with Crippen molar-refractivity contribution in [2.45, 2.75) is 41.9 Å². The van der Waals surface area contributed by atoms with Crippen molar-refractivity contribution in [3.05, 3.63) is 30.1 Å². The molecular formula is C14H19NO2S2. The number of thioether (sulfide) groups is 2. The number of carboxylic acid groups (broad SMARTS) is 1. The van der Waals surface area contributed by atoms with E-state index in [2.05, 4.69) is 17.1 Å². The fourth-order valence-corrected chi connectivity index (χ4v) is 5.57. The van der Waals surface area contributed by atoms with Gasteiger partial charge in [-0.3, -0.25) is 9.78 Å². The predicted octanol–water partition coefficient (Wildman–Crippen LogP) is 3.96. The molecule has 1 aromatic heterocycles. The SMILES string of the molecule is O=C(O)CCCCC1CCSC(c2ccncc2)S1. The van der Waals surface area contributed by atoms with Crippen LogP contribution in [0.1, 0.15) is 42.2 Å². The lowest BCUT2D eigenvalue weighted by molar-refractivity contribution is -0.137. The molecule has 1 aromatic rings. The Balaban J connectivity index is 1.76. The van der Waals surface area contributed by atoms with Gasteiger partial charge in [0.1, 0.15) is 0 Å². The molecule has 0 amide bonds. The molecule has 2 atom stereocenters. The van der Waals surface area contributed by atoms with Gasteiger partial charge in [-0.1, -0.05) is 6.42 Å². The van der Waals surface area contributed by atoms with E-state index in [4.69, 9.17) is 5.11 Å². The summed E-state index contributed by atoms with van der Waals surface area (Å²) in [5, 5.41) is 9.30. The molecule has 1 aliphatic rings. The van der Waals surface area contributed by atoms with Gasteiger partial charge in [0, 0.05) is 24.1 Å². The molecule has 1 saturated heterocycles. The van der Waals surface area contributed by atoms with E-state index < -0.39 is 5.97 Å². The second kappa shape index (κ2) is 7.80. The second-order valence-electron chi connectivity index (χ2n) is 4.67. The number of pyridine rings is 1. The van der Waals surface area contributed by atoms with Crippen molar-refractivity contribution < 1.29 is 9.90 Å². The van der Waals surface area contributed by atoms with Crippen molar-refractivity contribution >= 4 is 29.5 Å². The normalized spacial score (nSPS) is 23.2. The maximum atomic E-state index is 10.5. The van der Waals surface area contributed by atoms with Gasteiger partial charge < -0.3 is 5.11 Å². The van der Waals surface area contributed by atoms with Crippen LogP contribution in [0.2, 0.25) is 0 Å². The Labute approximate surface area is 122 Å². The van der Waals surface area contributed by atoms with E-state index in [1.807, 2.05) is 35.9 Å². The number of nitrogens with zero attached hydrogens (tertiary/aromatic N) is 1. The van der Waals surface area contributed by atoms with Crippen LogP contribution in [0, 0.1) is 0 Å². The lowest BCUT2D eigenvalue weighted by Crippen LogP contribution is -2.12. The Bertz CT molecular complexity index is 400. The molecule has 0 saturated carbocycles. The van der Waals surface area contributed by atoms with Crippen LogP contribution in [0.15, 0.2) is 24.5 Å². The summed E-state index contributed by atoms with van der Waals surface area (Å²) in [5.74, 6) is 0.519. The third-order valence-corrected chi connectivity index (χ3v) is 6.33. The molecule has 0 spiro atoms. The number of unbranched alkanes of at least 4 members (excludes halogenated alkanes) is 1. The molecule has 0 bridgehead atoms. The first-order valence-corrected chi connectivity index (χ1v) is 8.63. The van der Waals surface area contributed by atoms with Crippen LogP contribution in [0.25, 0.3) is 0 Å². The Hall–Kier alpha value is -0.680. The van der Waals surface area contributed by atoms with E-state index in [9.17, 15) is 4.79 Å². The van der Waals surface area contributed by atoms with E-state index in [0.717, 1.165) is 19.3 Å². The quantitative estimate of drug-likeness (QED) is 0.805. The van der Waals surface area contributed by atoms with Crippen molar-refractivity contribution in [1.29, 1.82) is 0 Å². The first kappa shape index (κ1) is 14.7. The number of carboxylic acids is 1. The molecule has 5 heteroatoms. The number of rotatable bonds is 6. The van der Waals surface area contributed by atoms with E-state index >= 15 is 0 Å². The van der Waals surface area contributed by atoms with Gasteiger partial charge in [0.15, 0.2) is 0 Å². The molecule has 19 heavy (non-hydrogen) atoms. The number of hydrogen-bond acceptors (Lipinski definition) is 4. The zero-order chi connectivity index (χ0) is 13.5. The van der Waals surface area contributed by atoms with Gasteiger partial charge in [-0.05, 0) is 42.7 Å². The van der Waals surface area contributed by atoms with E-state index in [1.54, 1.807) is 0 Å². The Morgan fingerprint density at radius 1 is 1.37 bits per heavy atom. The van der Waals surface area contributed by atoms with E-state index in [-0.39, 0.29) is 0 Å². The summed E-state index contributed by atoms with van der Waals surface area (Å²) in [6.07, 6.45) is 8.22. The van der Waals surface area contributed by atoms with Crippen LogP contribution in [-0.2, 0) is 4.79 Å². The minimum Gasteiger partial charge on any atom is -0.481 e. The van der Waals surface area contributed by atoms with E-state index in [1.165, 1.54) is 17.7 Å². The molecular weight excluding hydrogens is 278 g/mol. The highest BCUT2D eigenvalue weighted by Crippen LogP contribution is 2.48. The predicted molar refractivity (Wildman–Crippen MR) is 81.5 cm³/mol. The van der Waals surface area contributed by atoms with Crippen molar-refractivity contribution in [3.63, 3.8) is 0 Å². The first-order chi connectivity index (χ1) is 9.25. The minimum absolute atomic E-state index is 0.305. The monoisotopic (exact) mass is 297 g/mol.